The average Bonchev–Trinajstić information content (AvgIpc) is 2.77. The van der Waals surface area contributed by atoms with Gasteiger partial charge in [0.25, 0.3) is 0 Å². The summed E-state index contributed by atoms with van der Waals surface area (Å²) < 4.78 is 5.37. The molecule has 1 N–H and O–H groups in total. The van der Waals surface area contributed by atoms with E-state index in [1.54, 1.807) is 16.8 Å². The summed E-state index contributed by atoms with van der Waals surface area (Å²) in [6, 6.07) is 7.58. The van der Waals surface area contributed by atoms with Crippen LogP contribution in [0.25, 0.3) is 0 Å². The van der Waals surface area contributed by atoms with Crippen LogP contribution in [0.5, 0.6) is 0 Å². The molecular formula is C17H24N4O3. The SMILES string of the molecule is CN1CCCN(C(=O)Nc2cccc(N3CCOCC3)c2)CC1=O. The van der Waals surface area contributed by atoms with Crippen LogP contribution in [0.3, 0.4) is 0 Å². The molecule has 130 valence electrons. The number of ether oxygens (including phenoxy) is 1. The van der Waals surface area contributed by atoms with Crippen LogP contribution in [0.15, 0.2) is 24.3 Å². The topological polar surface area (TPSA) is 65.1 Å². The fraction of sp³-hybridized carbons (Fsp3) is 0.529. The maximum Gasteiger partial charge on any atom is 0.322 e. The number of rotatable bonds is 2. The van der Waals surface area contributed by atoms with Gasteiger partial charge < -0.3 is 24.8 Å². The molecule has 24 heavy (non-hydrogen) atoms. The number of hydrogen-bond donors (Lipinski definition) is 1. The Bertz CT molecular complexity index is 601. The molecule has 0 spiro atoms. The molecule has 3 rings (SSSR count). The monoisotopic (exact) mass is 332 g/mol. The third-order valence-corrected chi connectivity index (χ3v) is 4.43. The Balaban J connectivity index is 1.64. The summed E-state index contributed by atoms with van der Waals surface area (Å²) in [6.45, 7) is 4.56. The number of benzene rings is 1. The van der Waals surface area contributed by atoms with Crippen molar-refractivity contribution < 1.29 is 14.3 Å². The third kappa shape index (κ3) is 3.97. The highest BCUT2D eigenvalue weighted by atomic mass is 16.5. The van der Waals surface area contributed by atoms with E-state index in [9.17, 15) is 9.59 Å². The van der Waals surface area contributed by atoms with Gasteiger partial charge in [0.2, 0.25) is 5.91 Å². The maximum atomic E-state index is 12.5. The Hall–Kier alpha value is -2.28. The van der Waals surface area contributed by atoms with Crippen LogP contribution in [-0.4, -0.2) is 74.7 Å². The molecule has 0 atom stereocenters. The molecule has 0 aliphatic carbocycles. The van der Waals surface area contributed by atoms with E-state index in [4.69, 9.17) is 4.74 Å². The maximum absolute atomic E-state index is 12.5. The smallest absolute Gasteiger partial charge is 0.322 e. The molecule has 0 bridgehead atoms. The first-order chi connectivity index (χ1) is 11.6. The molecular weight excluding hydrogens is 308 g/mol. The predicted octanol–water partition coefficient (Wildman–Crippen LogP) is 1.22. The second-order valence-electron chi connectivity index (χ2n) is 6.17. The molecule has 2 heterocycles. The van der Waals surface area contributed by atoms with Crippen molar-refractivity contribution in [3.05, 3.63) is 24.3 Å². The van der Waals surface area contributed by atoms with Gasteiger partial charge in [0.05, 0.1) is 13.2 Å². The number of likely N-dealkylation sites (N-methyl/N-ethyl adjacent to an activating group) is 1. The predicted molar refractivity (Wildman–Crippen MR) is 92.3 cm³/mol. The van der Waals surface area contributed by atoms with E-state index in [0.717, 1.165) is 44.1 Å². The van der Waals surface area contributed by atoms with Crippen molar-refractivity contribution in [3.8, 4) is 0 Å². The summed E-state index contributed by atoms with van der Waals surface area (Å²) in [5, 5.41) is 2.91. The summed E-state index contributed by atoms with van der Waals surface area (Å²) in [5.74, 6) is -0.0234. The first-order valence-corrected chi connectivity index (χ1v) is 8.36. The highest BCUT2D eigenvalue weighted by molar-refractivity contribution is 5.93. The van der Waals surface area contributed by atoms with Crippen molar-refractivity contribution in [2.24, 2.45) is 0 Å². The van der Waals surface area contributed by atoms with Gasteiger partial charge in [-0.05, 0) is 24.6 Å². The van der Waals surface area contributed by atoms with Crippen LogP contribution in [0.1, 0.15) is 6.42 Å². The minimum absolute atomic E-state index is 0.0234. The van der Waals surface area contributed by atoms with Crippen LogP contribution in [0.4, 0.5) is 16.2 Å². The van der Waals surface area contributed by atoms with Gasteiger partial charge in [0.1, 0.15) is 6.54 Å². The van der Waals surface area contributed by atoms with Gasteiger partial charge in [-0.2, -0.15) is 0 Å². The minimum atomic E-state index is -0.224. The normalized spacial score (nSPS) is 19.2. The zero-order valence-electron chi connectivity index (χ0n) is 14.0. The summed E-state index contributed by atoms with van der Waals surface area (Å²) >= 11 is 0. The zero-order valence-corrected chi connectivity index (χ0v) is 14.0. The molecule has 3 amide bonds. The van der Waals surface area contributed by atoms with E-state index >= 15 is 0 Å². The van der Waals surface area contributed by atoms with Crippen molar-refractivity contribution >= 4 is 23.3 Å². The van der Waals surface area contributed by atoms with Crippen LogP contribution in [0.2, 0.25) is 0 Å². The van der Waals surface area contributed by atoms with Crippen molar-refractivity contribution in [2.45, 2.75) is 6.42 Å². The van der Waals surface area contributed by atoms with Crippen molar-refractivity contribution in [1.29, 1.82) is 0 Å². The summed E-state index contributed by atoms with van der Waals surface area (Å²) in [5.41, 5.74) is 1.82. The molecule has 0 aromatic heterocycles. The number of hydrogen-bond acceptors (Lipinski definition) is 4. The number of urea groups is 1. The Labute approximate surface area is 142 Å². The molecule has 2 fully saturated rings. The molecule has 0 radical (unpaired) electrons. The molecule has 0 unspecified atom stereocenters. The average molecular weight is 332 g/mol. The van der Waals surface area contributed by atoms with Crippen molar-refractivity contribution in [1.82, 2.24) is 9.80 Å². The molecule has 2 aliphatic heterocycles. The van der Waals surface area contributed by atoms with Crippen molar-refractivity contribution in [3.63, 3.8) is 0 Å². The molecule has 1 aromatic carbocycles. The number of anilines is 2. The lowest BCUT2D eigenvalue weighted by atomic mass is 10.2. The lowest BCUT2D eigenvalue weighted by Gasteiger charge is -2.29. The Morgan fingerprint density at radius 3 is 2.75 bits per heavy atom. The van der Waals surface area contributed by atoms with E-state index in [1.807, 2.05) is 24.3 Å². The van der Waals surface area contributed by atoms with E-state index in [2.05, 4.69) is 10.2 Å². The van der Waals surface area contributed by atoms with Crippen molar-refractivity contribution in [2.75, 3.05) is 63.2 Å². The lowest BCUT2D eigenvalue weighted by molar-refractivity contribution is -0.129. The summed E-state index contributed by atoms with van der Waals surface area (Å²) in [6.07, 6.45) is 0.795. The van der Waals surface area contributed by atoms with Gasteiger partial charge >= 0.3 is 6.03 Å². The number of morpholine rings is 1. The van der Waals surface area contributed by atoms with Gasteiger partial charge in [-0.3, -0.25) is 4.79 Å². The highest BCUT2D eigenvalue weighted by Gasteiger charge is 2.23. The fourth-order valence-corrected chi connectivity index (χ4v) is 2.96. The zero-order chi connectivity index (χ0) is 16.9. The fourth-order valence-electron chi connectivity index (χ4n) is 2.96. The van der Waals surface area contributed by atoms with Crippen LogP contribution < -0.4 is 10.2 Å². The second-order valence-corrected chi connectivity index (χ2v) is 6.17. The molecule has 7 nitrogen and oxygen atoms in total. The van der Waals surface area contributed by atoms with E-state index in [1.165, 1.54) is 0 Å². The first kappa shape index (κ1) is 16.6. The van der Waals surface area contributed by atoms with E-state index in [0.29, 0.717) is 13.1 Å². The molecule has 2 aliphatic rings. The largest absolute Gasteiger partial charge is 0.378 e. The van der Waals surface area contributed by atoms with Gasteiger partial charge in [0.15, 0.2) is 0 Å². The minimum Gasteiger partial charge on any atom is -0.378 e. The molecule has 0 saturated carbocycles. The first-order valence-electron chi connectivity index (χ1n) is 8.36. The number of nitrogens with one attached hydrogen (secondary N) is 1. The van der Waals surface area contributed by atoms with Crippen LogP contribution >= 0.6 is 0 Å². The summed E-state index contributed by atoms with van der Waals surface area (Å²) in [4.78, 5) is 29.9. The van der Waals surface area contributed by atoms with Gasteiger partial charge in [-0.1, -0.05) is 6.07 Å². The highest BCUT2D eigenvalue weighted by Crippen LogP contribution is 2.21. The molecule has 1 aromatic rings. The van der Waals surface area contributed by atoms with Crippen LogP contribution in [0, 0.1) is 0 Å². The molecule has 7 heteroatoms. The molecule has 2 saturated heterocycles. The standard InChI is InChI=1S/C17H24N4O3/c1-19-6-3-7-21(13-16(19)22)17(23)18-14-4-2-5-15(12-14)20-8-10-24-11-9-20/h2,4-5,12H,3,6-11,13H2,1H3,(H,18,23). The second kappa shape index (κ2) is 7.53. The third-order valence-electron chi connectivity index (χ3n) is 4.43. The van der Waals surface area contributed by atoms with E-state index < -0.39 is 0 Å². The van der Waals surface area contributed by atoms with Gasteiger partial charge in [-0.15, -0.1) is 0 Å². The Morgan fingerprint density at radius 1 is 1.17 bits per heavy atom. The van der Waals surface area contributed by atoms with E-state index in [-0.39, 0.29) is 18.5 Å². The number of carbonyl (C=O) groups excluding carboxylic acids is 2. The summed E-state index contributed by atoms with van der Waals surface area (Å²) in [7, 11) is 1.77. The van der Waals surface area contributed by atoms with Gasteiger partial charge in [-0.25, -0.2) is 4.79 Å². The number of carbonyl (C=O) groups is 2. The van der Waals surface area contributed by atoms with Gasteiger partial charge in [0, 0.05) is 44.6 Å². The number of amides is 3. The van der Waals surface area contributed by atoms with Crippen LogP contribution in [-0.2, 0) is 9.53 Å². The Kier molecular flexibility index (Phi) is 5.20. The number of nitrogens with zero attached hydrogens (tertiary/aromatic N) is 3. The quantitative estimate of drug-likeness (QED) is 0.884. The lowest BCUT2D eigenvalue weighted by Crippen LogP contribution is -2.40. The Morgan fingerprint density at radius 2 is 1.96 bits per heavy atom.